The van der Waals surface area contributed by atoms with E-state index >= 15 is 0 Å². The third-order valence-electron chi connectivity index (χ3n) is 1.17. The molecule has 58 valence electrons. The molecule has 0 spiro atoms. The molecule has 1 heterocycles. The van der Waals surface area contributed by atoms with Crippen molar-refractivity contribution in [2.45, 2.75) is 4.83 Å². The molecule has 0 saturated heterocycles. The zero-order valence-electron chi connectivity index (χ0n) is 5.50. The summed E-state index contributed by atoms with van der Waals surface area (Å²) in [5.74, 6) is -0.471. The monoisotopic (exact) mass is 217 g/mol. The van der Waals surface area contributed by atoms with Gasteiger partial charge in [-0.25, -0.2) is 4.39 Å². The predicted molar refractivity (Wildman–Crippen MR) is 41.9 cm³/mol. The summed E-state index contributed by atoms with van der Waals surface area (Å²) in [5.41, 5.74) is 0.127. The summed E-state index contributed by atoms with van der Waals surface area (Å²) in [7, 11) is 0. The van der Waals surface area contributed by atoms with Gasteiger partial charge >= 0.3 is 0 Å². The molecule has 1 aromatic rings. The van der Waals surface area contributed by atoms with Gasteiger partial charge in [-0.3, -0.25) is 4.98 Å². The number of hydrogen-bond donors (Lipinski definition) is 0. The minimum Gasteiger partial charge on any atom is -0.302 e. The summed E-state index contributed by atoms with van der Waals surface area (Å²) >= 11 is 2.97. The molecule has 0 saturated carbocycles. The van der Waals surface area contributed by atoms with Gasteiger partial charge in [0.15, 0.2) is 0 Å². The number of carbonyl (C=O) groups excluding carboxylic acids is 1. The van der Waals surface area contributed by atoms with Crippen LogP contribution in [0.3, 0.4) is 0 Å². The predicted octanol–water partition coefficient (Wildman–Crippen LogP) is 1.86. The summed E-state index contributed by atoms with van der Waals surface area (Å²) in [6.45, 7) is 0. The van der Waals surface area contributed by atoms with E-state index in [1.54, 1.807) is 0 Å². The van der Waals surface area contributed by atoms with Crippen molar-refractivity contribution in [2.24, 2.45) is 0 Å². The first-order chi connectivity index (χ1) is 5.25. The van der Waals surface area contributed by atoms with Crippen molar-refractivity contribution in [2.75, 3.05) is 0 Å². The average Bonchev–Trinajstić information content (AvgIpc) is 2.04. The topological polar surface area (TPSA) is 30.0 Å². The van der Waals surface area contributed by atoms with Crippen LogP contribution in [0.25, 0.3) is 0 Å². The lowest BCUT2D eigenvalue weighted by atomic mass is 10.3. The van der Waals surface area contributed by atoms with Crippen molar-refractivity contribution >= 4 is 22.2 Å². The maximum atomic E-state index is 12.8. The van der Waals surface area contributed by atoms with Gasteiger partial charge in [0.1, 0.15) is 16.9 Å². The highest BCUT2D eigenvalue weighted by Crippen LogP contribution is 2.19. The van der Waals surface area contributed by atoms with E-state index in [2.05, 4.69) is 20.9 Å². The summed E-state index contributed by atoms with van der Waals surface area (Å²) < 4.78 is 12.8. The molecule has 4 heteroatoms. The molecule has 0 unspecified atom stereocenters. The fourth-order valence-corrected chi connectivity index (χ4v) is 1.00. The maximum absolute atomic E-state index is 12.8. The molecule has 0 amide bonds. The zero-order valence-corrected chi connectivity index (χ0v) is 7.08. The van der Waals surface area contributed by atoms with Crippen LogP contribution in [0.2, 0.25) is 0 Å². The van der Waals surface area contributed by atoms with Gasteiger partial charge < -0.3 is 4.79 Å². The smallest absolute Gasteiger partial charge is 0.146 e. The van der Waals surface area contributed by atoms with Crippen LogP contribution >= 0.6 is 15.9 Å². The van der Waals surface area contributed by atoms with E-state index in [0.717, 1.165) is 0 Å². The molecule has 0 aliphatic rings. The first kappa shape index (κ1) is 8.33. The van der Waals surface area contributed by atoms with E-state index in [1.807, 2.05) is 0 Å². The molecule has 0 aliphatic heterocycles. The second-order valence-corrected chi connectivity index (χ2v) is 2.89. The summed E-state index contributed by atoms with van der Waals surface area (Å²) in [4.78, 5) is 13.3. The molecule has 0 aliphatic carbocycles. The molecule has 0 fully saturated rings. The van der Waals surface area contributed by atoms with E-state index in [1.165, 1.54) is 18.3 Å². The molecule has 0 bridgehead atoms. The molecule has 0 radical (unpaired) electrons. The van der Waals surface area contributed by atoms with Crippen LogP contribution in [0.5, 0.6) is 0 Å². The lowest BCUT2D eigenvalue weighted by Crippen LogP contribution is -1.97. The molecule has 1 aromatic heterocycles. The molecular weight excluding hydrogens is 213 g/mol. The Morgan fingerprint density at radius 1 is 1.73 bits per heavy atom. The Morgan fingerprint density at radius 3 is 3.00 bits per heavy atom. The molecule has 11 heavy (non-hydrogen) atoms. The zero-order chi connectivity index (χ0) is 8.27. The van der Waals surface area contributed by atoms with Gasteiger partial charge in [0.05, 0.1) is 5.69 Å². The summed E-state index contributed by atoms with van der Waals surface area (Å²) in [6, 6.07) is 2.74. The lowest BCUT2D eigenvalue weighted by molar-refractivity contribution is -0.107. The number of halogens is 2. The summed E-state index contributed by atoms with van der Waals surface area (Å²) in [6.07, 6.45) is 2.03. The second kappa shape index (κ2) is 3.57. The lowest BCUT2D eigenvalue weighted by Gasteiger charge is -2.00. The first-order valence-corrected chi connectivity index (χ1v) is 3.87. The fourth-order valence-electron chi connectivity index (χ4n) is 0.665. The molecule has 2 nitrogen and oxygen atoms in total. The van der Waals surface area contributed by atoms with Crippen molar-refractivity contribution < 1.29 is 9.18 Å². The van der Waals surface area contributed by atoms with Crippen molar-refractivity contribution in [1.82, 2.24) is 4.98 Å². The highest BCUT2D eigenvalue weighted by Gasteiger charge is 2.11. The number of hydrogen-bond acceptors (Lipinski definition) is 2. The summed E-state index contributed by atoms with van der Waals surface area (Å²) in [5, 5.41) is 0. The van der Waals surface area contributed by atoms with E-state index in [9.17, 15) is 9.18 Å². The Hall–Kier alpha value is -0.770. The van der Waals surface area contributed by atoms with E-state index in [-0.39, 0.29) is 5.69 Å². The second-order valence-electron chi connectivity index (χ2n) is 1.91. The van der Waals surface area contributed by atoms with E-state index in [4.69, 9.17) is 0 Å². The Bertz CT molecular complexity index is 266. The number of carbonyl (C=O) groups is 1. The minimum atomic E-state index is -0.649. The molecular formula is C7H5BrFNO. The van der Waals surface area contributed by atoms with Gasteiger partial charge in [0.2, 0.25) is 0 Å². The van der Waals surface area contributed by atoms with Crippen LogP contribution in [0, 0.1) is 5.82 Å². The fraction of sp³-hybridized carbons (Fsp3) is 0.143. The van der Waals surface area contributed by atoms with Crippen LogP contribution in [0.1, 0.15) is 10.5 Å². The first-order valence-electron chi connectivity index (χ1n) is 2.95. The van der Waals surface area contributed by atoms with Crippen molar-refractivity contribution in [3.05, 3.63) is 29.8 Å². The highest BCUT2D eigenvalue weighted by atomic mass is 79.9. The number of pyridine rings is 1. The van der Waals surface area contributed by atoms with Crippen molar-refractivity contribution in [3.8, 4) is 0 Å². The van der Waals surface area contributed by atoms with Crippen LogP contribution in [-0.4, -0.2) is 11.3 Å². The van der Waals surface area contributed by atoms with Gasteiger partial charge in [0.25, 0.3) is 0 Å². The Kier molecular flexibility index (Phi) is 2.70. The Balaban J connectivity index is 3.02. The third kappa shape index (κ3) is 1.83. The normalized spacial score (nSPS) is 12.5. The molecule has 0 N–H and O–H groups in total. The minimum absolute atomic E-state index is 0.127. The van der Waals surface area contributed by atoms with Crippen LogP contribution in [-0.2, 0) is 4.79 Å². The van der Waals surface area contributed by atoms with E-state index in [0.29, 0.717) is 6.29 Å². The molecule has 0 aromatic carbocycles. The van der Waals surface area contributed by atoms with Crippen molar-refractivity contribution in [1.29, 1.82) is 0 Å². The largest absolute Gasteiger partial charge is 0.302 e. The Labute approximate surface area is 71.6 Å². The van der Waals surface area contributed by atoms with E-state index < -0.39 is 10.6 Å². The van der Waals surface area contributed by atoms with Gasteiger partial charge in [-0.15, -0.1) is 0 Å². The number of aldehydes is 1. The Morgan fingerprint density at radius 2 is 2.45 bits per heavy atom. The number of alkyl halides is 1. The van der Waals surface area contributed by atoms with Crippen molar-refractivity contribution in [3.63, 3.8) is 0 Å². The quantitative estimate of drug-likeness (QED) is 0.560. The maximum Gasteiger partial charge on any atom is 0.146 e. The molecule has 1 rings (SSSR count). The standard InChI is InChI=1S/C7H5BrFNO/c8-5(4-11)7-6(9)2-1-3-10-7/h1-5H/t5-/m1/s1. The average molecular weight is 218 g/mol. The van der Waals surface area contributed by atoms with Gasteiger partial charge in [-0.1, -0.05) is 15.9 Å². The number of rotatable bonds is 2. The SMILES string of the molecule is O=C[C@@H](Br)c1ncccc1F. The number of aromatic nitrogens is 1. The number of nitrogens with zero attached hydrogens (tertiary/aromatic N) is 1. The van der Waals surface area contributed by atoms with Gasteiger partial charge in [0, 0.05) is 6.20 Å². The third-order valence-corrected chi connectivity index (χ3v) is 1.82. The highest BCUT2D eigenvalue weighted by molar-refractivity contribution is 9.09. The van der Waals surface area contributed by atoms with Crippen LogP contribution < -0.4 is 0 Å². The van der Waals surface area contributed by atoms with Crippen LogP contribution in [0.4, 0.5) is 4.39 Å². The van der Waals surface area contributed by atoms with Crippen LogP contribution in [0.15, 0.2) is 18.3 Å². The molecule has 1 atom stereocenters. The van der Waals surface area contributed by atoms with Gasteiger partial charge in [-0.2, -0.15) is 0 Å². The van der Waals surface area contributed by atoms with Gasteiger partial charge in [-0.05, 0) is 12.1 Å².